The molecular formula is C17H24BrIN4O. The molecule has 2 rings (SSSR count). The summed E-state index contributed by atoms with van der Waals surface area (Å²) in [6.45, 7) is 1.50. The van der Waals surface area contributed by atoms with Crippen LogP contribution < -0.4 is 10.1 Å². The molecule has 0 saturated carbocycles. The van der Waals surface area contributed by atoms with Gasteiger partial charge in [0.25, 0.3) is 0 Å². The van der Waals surface area contributed by atoms with Gasteiger partial charge in [0, 0.05) is 39.6 Å². The fraction of sp³-hybridized carbons (Fsp3) is 0.353. The van der Waals surface area contributed by atoms with Crippen LogP contribution in [0.5, 0.6) is 5.75 Å². The third kappa shape index (κ3) is 5.41. The number of guanidine groups is 1. The SMILES string of the molecule is CN=C(NCc1ccc(OC)c(Br)c1)N(C)Cc1cccn1C.I. The van der Waals surface area contributed by atoms with E-state index >= 15 is 0 Å². The molecule has 5 nitrogen and oxygen atoms in total. The molecule has 2 aromatic rings. The van der Waals surface area contributed by atoms with Crippen LogP contribution in [0.15, 0.2) is 46.0 Å². The molecule has 1 aromatic heterocycles. The molecule has 0 aliphatic carbocycles. The van der Waals surface area contributed by atoms with Crippen LogP contribution >= 0.6 is 39.9 Å². The zero-order chi connectivity index (χ0) is 16.8. The molecule has 1 aromatic carbocycles. The zero-order valence-electron chi connectivity index (χ0n) is 14.4. The summed E-state index contributed by atoms with van der Waals surface area (Å²) in [5.74, 6) is 1.69. The van der Waals surface area contributed by atoms with E-state index in [0.29, 0.717) is 6.54 Å². The predicted molar refractivity (Wildman–Crippen MR) is 113 cm³/mol. The van der Waals surface area contributed by atoms with Crippen LogP contribution in [0.4, 0.5) is 0 Å². The Balaban J connectivity index is 0.00000288. The number of aromatic nitrogens is 1. The highest BCUT2D eigenvalue weighted by atomic mass is 127. The number of benzene rings is 1. The number of rotatable bonds is 5. The molecule has 1 N–H and O–H groups in total. The van der Waals surface area contributed by atoms with Crippen LogP contribution in [0, 0.1) is 0 Å². The lowest BCUT2D eigenvalue weighted by molar-refractivity contribution is 0.412. The van der Waals surface area contributed by atoms with Crippen LogP contribution in [0.2, 0.25) is 0 Å². The Hall–Kier alpha value is -1.22. The average molecular weight is 507 g/mol. The number of ether oxygens (including phenoxy) is 1. The third-order valence-corrected chi connectivity index (χ3v) is 4.31. The van der Waals surface area contributed by atoms with Gasteiger partial charge in [0.2, 0.25) is 0 Å². The van der Waals surface area contributed by atoms with E-state index in [1.54, 1.807) is 14.2 Å². The standard InChI is InChI=1S/C17H23BrN4O.HI/c1-19-17(22(3)12-14-6-5-9-21(14)2)20-11-13-7-8-16(23-4)15(18)10-13;/h5-10H,11-12H2,1-4H3,(H,19,20);1H. The number of methoxy groups -OCH3 is 1. The van der Waals surface area contributed by atoms with E-state index in [1.807, 2.05) is 38.5 Å². The maximum atomic E-state index is 5.25. The minimum atomic E-state index is 0. The molecule has 0 amide bonds. The highest BCUT2D eigenvalue weighted by molar-refractivity contribution is 14.0. The molecule has 0 aliphatic heterocycles. The molecule has 0 fully saturated rings. The Labute approximate surface area is 169 Å². The van der Waals surface area contributed by atoms with Gasteiger partial charge in [-0.05, 0) is 45.8 Å². The minimum absolute atomic E-state index is 0. The first kappa shape index (κ1) is 20.8. The number of aliphatic imine (C=N–C) groups is 1. The van der Waals surface area contributed by atoms with Crippen molar-refractivity contribution in [2.24, 2.45) is 12.0 Å². The topological polar surface area (TPSA) is 41.8 Å². The summed E-state index contributed by atoms with van der Waals surface area (Å²) in [5.41, 5.74) is 2.40. The second kappa shape index (κ2) is 9.93. The van der Waals surface area contributed by atoms with E-state index in [2.05, 4.69) is 47.8 Å². The van der Waals surface area contributed by atoms with Gasteiger partial charge in [0.15, 0.2) is 5.96 Å². The largest absolute Gasteiger partial charge is 0.496 e. The second-order valence-electron chi connectivity index (χ2n) is 5.34. The molecular weight excluding hydrogens is 483 g/mol. The van der Waals surface area contributed by atoms with Crippen molar-refractivity contribution in [1.29, 1.82) is 0 Å². The van der Waals surface area contributed by atoms with Gasteiger partial charge in [-0.25, -0.2) is 0 Å². The summed E-state index contributed by atoms with van der Waals surface area (Å²) in [5, 5.41) is 3.39. The molecule has 0 atom stereocenters. The van der Waals surface area contributed by atoms with Gasteiger partial charge < -0.3 is 19.5 Å². The minimum Gasteiger partial charge on any atom is -0.496 e. The number of hydrogen-bond acceptors (Lipinski definition) is 2. The highest BCUT2D eigenvalue weighted by Gasteiger charge is 2.09. The average Bonchev–Trinajstić information content (AvgIpc) is 2.93. The van der Waals surface area contributed by atoms with E-state index in [-0.39, 0.29) is 24.0 Å². The highest BCUT2D eigenvalue weighted by Crippen LogP contribution is 2.25. The smallest absolute Gasteiger partial charge is 0.194 e. The molecule has 132 valence electrons. The van der Waals surface area contributed by atoms with Crippen molar-refractivity contribution in [2.75, 3.05) is 21.2 Å². The summed E-state index contributed by atoms with van der Waals surface area (Å²) in [6.07, 6.45) is 2.05. The van der Waals surface area contributed by atoms with Gasteiger partial charge in [0.1, 0.15) is 5.75 Å². The van der Waals surface area contributed by atoms with Gasteiger partial charge in [0.05, 0.1) is 18.1 Å². The Bertz CT molecular complexity index is 687. The van der Waals surface area contributed by atoms with Gasteiger partial charge in [-0.15, -0.1) is 24.0 Å². The van der Waals surface area contributed by atoms with Crippen molar-refractivity contribution in [3.05, 3.63) is 52.3 Å². The van der Waals surface area contributed by atoms with E-state index < -0.39 is 0 Å². The normalized spacial score (nSPS) is 11.0. The first-order chi connectivity index (χ1) is 11.0. The predicted octanol–water partition coefficient (Wildman–Crippen LogP) is 3.62. The first-order valence-corrected chi connectivity index (χ1v) is 8.19. The van der Waals surface area contributed by atoms with Crippen LogP contribution in [0.1, 0.15) is 11.3 Å². The van der Waals surface area contributed by atoms with Crippen LogP contribution in [-0.4, -0.2) is 36.6 Å². The molecule has 24 heavy (non-hydrogen) atoms. The number of halogens is 2. The summed E-state index contributed by atoms with van der Waals surface area (Å²) in [7, 11) is 7.55. The van der Waals surface area contributed by atoms with Gasteiger partial charge in [-0.1, -0.05) is 6.07 Å². The Morgan fingerprint density at radius 1 is 1.38 bits per heavy atom. The van der Waals surface area contributed by atoms with Crippen LogP contribution in [-0.2, 0) is 20.1 Å². The Kier molecular flexibility index (Phi) is 8.61. The molecule has 0 unspecified atom stereocenters. The van der Waals surface area contributed by atoms with E-state index in [4.69, 9.17) is 4.74 Å². The third-order valence-electron chi connectivity index (χ3n) is 3.69. The number of nitrogens with zero attached hydrogens (tertiary/aromatic N) is 3. The van der Waals surface area contributed by atoms with Crippen molar-refractivity contribution in [1.82, 2.24) is 14.8 Å². The molecule has 0 aliphatic rings. The monoisotopic (exact) mass is 506 g/mol. The maximum absolute atomic E-state index is 5.25. The molecule has 0 saturated heterocycles. The summed E-state index contributed by atoms with van der Waals surface area (Å²) < 4.78 is 8.32. The van der Waals surface area contributed by atoms with Crippen molar-refractivity contribution >= 4 is 45.9 Å². The molecule has 0 bridgehead atoms. The Morgan fingerprint density at radius 2 is 2.12 bits per heavy atom. The van der Waals surface area contributed by atoms with Crippen molar-refractivity contribution < 1.29 is 4.74 Å². The molecule has 0 radical (unpaired) electrons. The van der Waals surface area contributed by atoms with Crippen LogP contribution in [0.25, 0.3) is 0 Å². The molecule has 0 spiro atoms. The van der Waals surface area contributed by atoms with Crippen molar-refractivity contribution in [3.8, 4) is 5.75 Å². The van der Waals surface area contributed by atoms with Crippen LogP contribution in [0.3, 0.4) is 0 Å². The number of hydrogen-bond donors (Lipinski definition) is 1. The van der Waals surface area contributed by atoms with Gasteiger partial charge in [-0.3, -0.25) is 4.99 Å². The first-order valence-electron chi connectivity index (χ1n) is 7.39. The molecule has 7 heteroatoms. The fourth-order valence-corrected chi connectivity index (χ4v) is 2.95. The summed E-state index contributed by atoms with van der Waals surface area (Å²) in [4.78, 5) is 6.46. The Morgan fingerprint density at radius 3 is 2.67 bits per heavy atom. The zero-order valence-corrected chi connectivity index (χ0v) is 18.3. The van der Waals surface area contributed by atoms with E-state index in [0.717, 1.165) is 28.3 Å². The van der Waals surface area contributed by atoms with Gasteiger partial charge in [-0.2, -0.15) is 0 Å². The second-order valence-corrected chi connectivity index (χ2v) is 6.19. The number of nitrogens with one attached hydrogen (secondary N) is 1. The van der Waals surface area contributed by atoms with E-state index in [9.17, 15) is 0 Å². The number of aryl methyl sites for hydroxylation is 1. The maximum Gasteiger partial charge on any atom is 0.194 e. The van der Waals surface area contributed by atoms with Crippen molar-refractivity contribution in [2.45, 2.75) is 13.1 Å². The molecule has 1 heterocycles. The lowest BCUT2D eigenvalue weighted by Gasteiger charge is -2.22. The lowest BCUT2D eigenvalue weighted by atomic mass is 10.2. The van der Waals surface area contributed by atoms with E-state index in [1.165, 1.54) is 5.69 Å². The summed E-state index contributed by atoms with van der Waals surface area (Å²) in [6, 6.07) is 10.2. The summed E-state index contributed by atoms with van der Waals surface area (Å²) >= 11 is 3.51. The quantitative estimate of drug-likeness (QED) is 0.382. The van der Waals surface area contributed by atoms with Crippen molar-refractivity contribution in [3.63, 3.8) is 0 Å². The lowest BCUT2D eigenvalue weighted by Crippen LogP contribution is -2.38. The fourth-order valence-electron chi connectivity index (χ4n) is 2.36. The van der Waals surface area contributed by atoms with Gasteiger partial charge >= 0.3 is 0 Å².